The highest BCUT2D eigenvalue weighted by atomic mass is 16.6. The van der Waals surface area contributed by atoms with Crippen LogP contribution in [0.15, 0.2) is 54.6 Å². The Morgan fingerprint density at radius 1 is 1.15 bits per heavy atom. The van der Waals surface area contributed by atoms with Gasteiger partial charge in [-0.15, -0.1) is 0 Å². The number of carbonyl (C=O) groups is 2. The molecule has 0 aromatic heterocycles. The van der Waals surface area contributed by atoms with Gasteiger partial charge in [0.1, 0.15) is 12.4 Å². The first-order chi connectivity index (χ1) is 15.9. The Balaban J connectivity index is 1.56. The molecule has 0 saturated carbocycles. The van der Waals surface area contributed by atoms with Gasteiger partial charge in [0.25, 0.3) is 0 Å². The largest absolute Gasteiger partial charge is 0.497 e. The molecule has 178 valence electrons. The first kappa shape index (κ1) is 24.7. The van der Waals surface area contributed by atoms with Gasteiger partial charge in [-0.25, -0.2) is 9.69 Å². The van der Waals surface area contributed by atoms with Crippen molar-refractivity contribution < 1.29 is 28.9 Å². The van der Waals surface area contributed by atoms with E-state index in [0.29, 0.717) is 19.4 Å². The van der Waals surface area contributed by atoms with Gasteiger partial charge in [-0.3, -0.25) is 4.79 Å². The molecule has 3 rings (SSSR count). The SMILES string of the molecule is CC[C@@H](OCc1ccc(OC)cc1)[C@H](C)[C@@H](O)CC(=O)N1C(=O)OC[C@H]1Cc1ccccc1. The highest BCUT2D eigenvalue weighted by molar-refractivity contribution is 5.93. The zero-order valence-corrected chi connectivity index (χ0v) is 19.5. The van der Waals surface area contributed by atoms with Crippen molar-refractivity contribution in [3.8, 4) is 5.75 Å². The normalized spacial score (nSPS) is 18.5. The average Bonchev–Trinajstić information content (AvgIpc) is 3.20. The van der Waals surface area contributed by atoms with Gasteiger partial charge in [-0.2, -0.15) is 0 Å². The molecule has 0 aliphatic carbocycles. The maximum atomic E-state index is 12.9. The molecule has 2 amide bonds. The van der Waals surface area contributed by atoms with E-state index in [1.54, 1.807) is 7.11 Å². The van der Waals surface area contributed by atoms with E-state index in [0.717, 1.165) is 21.8 Å². The fraction of sp³-hybridized carbons (Fsp3) is 0.462. The number of benzene rings is 2. The number of rotatable bonds is 11. The molecule has 2 aromatic carbocycles. The molecule has 1 saturated heterocycles. The molecule has 0 radical (unpaired) electrons. The van der Waals surface area contributed by atoms with Gasteiger partial charge >= 0.3 is 6.09 Å². The lowest BCUT2D eigenvalue weighted by Crippen LogP contribution is -2.43. The van der Waals surface area contributed by atoms with Crippen LogP contribution in [0.2, 0.25) is 0 Å². The van der Waals surface area contributed by atoms with Crippen LogP contribution in [0, 0.1) is 5.92 Å². The van der Waals surface area contributed by atoms with Crippen LogP contribution >= 0.6 is 0 Å². The van der Waals surface area contributed by atoms with Crippen molar-refractivity contribution in [2.45, 2.75) is 58.0 Å². The molecule has 7 heteroatoms. The maximum Gasteiger partial charge on any atom is 0.416 e. The predicted molar refractivity (Wildman–Crippen MR) is 124 cm³/mol. The van der Waals surface area contributed by atoms with E-state index >= 15 is 0 Å². The second-order valence-electron chi connectivity index (χ2n) is 8.42. The smallest absolute Gasteiger partial charge is 0.416 e. The van der Waals surface area contributed by atoms with Gasteiger partial charge in [0.2, 0.25) is 5.91 Å². The Kier molecular flexibility index (Phi) is 8.86. The van der Waals surface area contributed by atoms with Crippen LogP contribution in [-0.4, -0.2) is 54.0 Å². The molecule has 0 bridgehead atoms. The molecule has 33 heavy (non-hydrogen) atoms. The Labute approximate surface area is 195 Å². The summed E-state index contributed by atoms with van der Waals surface area (Å²) >= 11 is 0. The topological polar surface area (TPSA) is 85.3 Å². The number of ether oxygens (including phenoxy) is 3. The minimum Gasteiger partial charge on any atom is -0.497 e. The summed E-state index contributed by atoms with van der Waals surface area (Å²) in [4.78, 5) is 26.3. The lowest BCUT2D eigenvalue weighted by atomic mass is 9.93. The lowest BCUT2D eigenvalue weighted by Gasteiger charge is -2.28. The Bertz CT molecular complexity index is 901. The van der Waals surface area contributed by atoms with E-state index in [4.69, 9.17) is 14.2 Å². The fourth-order valence-corrected chi connectivity index (χ4v) is 4.08. The summed E-state index contributed by atoms with van der Waals surface area (Å²) in [6, 6.07) is 16.9. The summed E-state index contributed by atoms with van der Waals surface area (Å²) < 4.78 is 16.4. The second kappa shape index (κ2) is 11.8. The molecular weight excluding hydrogens is 422 g/mol. The number of methoxy groups -OCH3 is 1. The summed E-state index contributed by atoms with van der Waals surface area (Å²) in [5.74, 6) is 0.0604. The summed E-state index contributed by atoms with van der Waals surface area (Å²) in [6.45, 7) is 4.40. The number of aliphatic hydroxyl groups is 1. The van der Waals surface area contributed by atoms with Gasteiger partial charge in [0.05, 0.1) is 38.4 Å². The van der Waals surface area contributed by atoms with Crippen LogP contribution < -0.4 is 4.74 Å². The predicted octanol–water partition coefficient (Wildman–Crippen LogP) is 3.97. The summed E-state index contributed by atoms with van der Waals surface area (Å²) in [5, 5.41) is 10.8. The third-order valence-corrected chi connectivity index (χ3v) is 6.15. The number of imide groups is 1. The van der Waals surface area contributed by atoms with Crippen LogP contribution in [0.5, 0.6) is 5.75 Å². The summed E-state index contributed by atoms with van der Waals surface area (Å²) in [5.41, 5.74) is 2.01. The van der Waals surface area contributed by atoms with Crippen LogP contribution in [-0.2, 0) is 27.3 Å². The zero-order valence-electron chi connectivity index (χ0n) is 19.5. The van der Waals surface area contributed by atoms with Gasteiger partial charge in [-0.05, 0) is 36.1 Å². The maximum absolute atomic E-state index is 12.9. The highest BCUT2D eigenvalue weighted by Crippen LogP contribution is 2.24. The first-order valence-electron chi connectivity index (χ1n) is 11.4. The van der Waals surface area contributed by atoms with E-state index in [2.05, 4.69) is 0 Å². The number of nitrogens with zero attached hydrogens (tertiary/aromatic N) is 1. The number of hydrogen-bond acceptors (Lipinski definition) is 6. The van der Waals surface area contributed by atoms with Gasteiger partial charge < -0.3 is 19.3 Å². The number of cyclic esters (lactones) is 1. The molecule has 1 fully saturated rings. The van der Waals surface area contributed by atoms with E-state index in [9.17, 15) is 14.7 Å². The third kappa shape index (κ3) is 6.55. The first-order valence-corrected chi connectivity index (χ1v) is 11.4. The van der Waals surface area contributed by atoms with E-state index in [1.807, 2.05) is 68.4 Å². The Morgan fingerprint density at radius 3 is 2.48 bits per heavy atom. The molecule has 0 spiro atoms. The Hall–Kier alpha value is -2.90. The van der Waals surface area contributed by atoms with E-state index < -0.39 is 18.1 Å². The molecule has 2 aromatic rings. The van der Waals surface area contributed by atoms with Crippen molar-refractivity contribution in [2.75, 3.05) is 13.7 Å². The van der Waals surface area contributed by atoms with Gasteiger partial charge in [0, 0.05) is 5.92 Å². The quantitative estimate of drug-likeness (QED) is 0.552. The van der Waals surface area contributed by atoms with Crippen LogP contribution in [0.3, 0.4) is 0 Å². The van der Waals surface area contributed by atoms with Crippen molar-refractivity contribution >= 4 is 12.0 Å². The van der Waals surface area contributed by atoms with E-state index in [-0.39, 0.29) is 31.1 Å². The van der Waals surface area contributed by atoms with Crippen LogP contribution in [0.4, 0.5) is 4.79 Å². The molecular formula is C26H33NO6. The van der Waals surface area contributed by atoms with Crippen molar-refractivity contribution in [1.82, 2.24) is 4.90 Å². The minimum atomic E-state index is -0.941. The van der Waals surface area contributed by atoms with Crippen molar-refractivity contribution in [3.05, 3.63) is 65.7 Å². The average molecular weight is 456 g/mol. The van der Waals surface area contributed by atoms with Crippen molar-refractivity contribution in [3.63, 3.8) is 0 Å². The molecule has 0 unspecified atom stereocenters. The molecule has 1 N–H and O–H groups in total. The van der Waals surface area contributed by atoms with Gasteiger partial charge in [0.15, 0.2) is 0 Å². The second-order valence-corrected chi connectivity index (χ2v) is 8.42. The zero-order chi connectivity index (χ0) is 23.8. The van der Waals surface area contributed by atoms with Crippen molar-refractivity contribution in [2.24, 2.45) is 5.92 Å². The fourth-order valence-electron chi connectivity index (χ4n) is 4.08. The van der Waals surface area contributed by atoms with Gasteiger partial charge in [-0.1, -0.05) is 56.3 Å². The highest BCUT2D eigenvalue weighted by Gasteiger charge is 2.39. The van der Waals surface area contributed by atoms with E-state index in [1.165, 1.54) is 0 Å². The number of amides is 2. The Morgan fingerprint density at radius 2 is 1.85 bits per heavy atom. The van der Waals surface area contributed by atoms with Crippen LogP contribution in [0.25, 0.3) is 0 Å². The molecule has 7 nitrogen and oxygen atoms in total. The number of aliphatic hydroxyl groups excluding tert-OH is 1. The number of hydrogen-bond donors (Lipinski definition) is 1. The summed E-state index contributed by atoms with van der Waals surface area (Å²) in [7, 11) is 1.62. The minimum absolute atomic E-state index is 0.160. The standard InChI is InChI=1S/C26H33NO6/c1-4-24(32-16-20-10-12-22(31-3)13-11-20)18(2)23(28)15-25(29)27-21(17-33-26(27)30)14-19-8-6-5-7-9-19/h5-13,18,21,23-24,28H,4,14-17H2,1-3H3/t18-,21-,23+,24-/m1/s1. The third-order valence-electron chi connectivity index (χ3n) is 6.15. The summed E-state index contributed by atoms with van der Waals surface area (Å²) in [6.07, 6.45) is -0.783. The molecule has 1 aliphatic rings. The monoisotopic (exact) mass is 455 g/mol. The number of carbonyl (C=O) groups excluding carboxylic acids is 2. The molecule has 1 aliphatic heterocycles. The molecule has 1 heterocycles. The van der Waals surface area contributed by atoms with Crippen molar-refractivity contribution in [1.29, 1.82) is 0 Å². The molecule has 4 atom stereocenters. The van der Waals surface area contributed by atoms with Crippen LogP contribution in [0.1, 0.15) is 37.8 Å². The lowest BCUT2D eigenvalue weighted by molar-refractivity contribution is -0.133.